The number of pyridine rings is 2. The van der Waals surface area contributed by atoms with Crippen molar-refractivity contribution >= 4 is 5.91 Å². The molecule has 7 nitrogen and oxygen atoms in total. The van der Waals surface area contributed by atoms with Gasteiger partial charge < -0.3 is 14.2 Å². The van der Waals surface area contributed by atoms with Crippen molar-refractivity contribution in [2.45, 2.75) is 31.2 Å². The molecule has 2 fully saturated rings. The van der Waals surface area contributed by atoms with Crippen LogP contribution in [0.4, 0.5) is 13.2 Å². The number of imidazole rings is 1. The molecule has 3 aromatic heterocycles. The Labute approximate surface area is 181 Å². The minimum atomic E-state index is -4.45. The summed E-state index contributed by atoms with van der Waals surface area (Å²) in [5.41, 5.74) is 0.141. The third kappa shape index (κ3) is 3.59. The number of ether oxygens (including phenoxy) is 1. The number of aryl methyl sites for hydroxylation is 1. The maximum absolute atomic E-state index is 13.4. The minimum absolute atomic E-state index is 0.120. The highest BCUT2D eigenvalue weighted by Gasteiger charge is 2.49. The number of hydrogen-bond donors (Lipinski definition) is 0. The van der Waals surface area contributed by atoms with Gasteiger partial charge in [-0.1, -0.05) is 0 Å². The molecular weight excluding hydrogens is 423 g/mol. The third-order valence-corrected chi connectivity index (χ3v) is 6.09. The fraction of sp³-hybridized carbons (Fsp3) is 0.364. The lowest BCUT2D eigenvalue weighted by molar-refractivity contribution is -0.137. The van der Waals surface area contributed by atoms with Crippen molar-refractivity contribution in [1.29, 1.82) is 0 Å². The summed E-state index contributed by atoms with van der Waals surface area (Å²) in [6.45, 7) is 0.598. The Morgan fingerprint density at radius 3 is 2.62 bits per heavy atom. The van der Waals surface area contributed by atoms with Crippen LogP contribution >= 0.6 is 0 Å². The summed E-state index contributed by atoms with van der Waals surface area (Å²) in [4.78, 5) is 27.7. The number of aromatic nitrogens is 4. The smallest absolute Gasteiger partial charge is 0.417 e. The van der Waals surface area contributed by atoms with Crippen molar-refractivity contribution in [3.8, 4) is 17.3 Å². The van der Waals surface area contributed by atoms with E-state index in [-0.39, 0.29) is 29.9 Å². The Kier molecular flexibility index (Phi) is 4.87. The second-order valence-electron chi connectivity index (χ2n) is 8.16. The quantitative estimate of drug-likeness (QED) is 0.616. The first-order valence-electron chi connectivity index (χ1n) is 10.2. The van der Waals surface area contributed by atoms with Gasteiger partial charge in [0.25, 0.3) is 5.91 Å². The highest BCUT2D eigenvalue weighted by molar-refractivity contribution is 5.98. The molecule has 0 radical (unpaired) electrons. The van der Waals surface area contributed by atoms with E-state index in [4.69, 9.17) is 4.74 Å². The van der Waals surface area contributed by atoms with E-state index in [1.54, 1.807) is 29.6 Å². The van der Waals surface area contributed by atoms with Crippen LogP contribution in [-0.2, 0) is 13.2 Å². The third-order valence-electron chi connectivity index (χ3n) is 6.09. The summed E-state index contributed by atoms with van der Waals surface area (Å²) in [6.07, 6.45) is 2.53. The lowest BCUT2D eigenvalue weighted by Crippen LogP contribution is -2.47. The first-order valence-corrected chi connectivity index (χ1v) is 10.2. The Morgan fingerprint density at radius 1 is 1.12 bits per heavy atom. The standard InChI is InChI=1S/C22H20F3N5O2/c1-29-8-7-27-20(29)15-3-2-6-26-19(15)21(31)30-12-13-9-16(30)17(10-13)32-18-5-4-14(11-28-18)22(23,24)25/h2-8,11,13,16-17H,9-10,12H2,1H3. The van der Waals surface area contributed by atoms with Crippen LogP contribution in [0.2, 0.25) is 0 Å². The molecule has 4 heterocycles. The fourth-order valence-electron chi connectivity index (χ4n) is 4.62. The van der Waals surface area contributed by atoms with Crippen molar-refractivity contribution in [1.82, 2.24) is 24.4 Å². The molecular formula is C22H20F3N5O2. The fourth-order valence-corrected chi connectivity index (χ4v) is 4.62. The molecule has 10 heteroatoms. The van der Waals surface area contributed by atoms with Crippen LogP contribution in [0.3, 0.4) is 0 Å². The van der Waals surface area contributed by atoms with Gasteiger partial charge in [0.2, 0.25) is 5.88 Å². The topological polar surface area (TPSA) is 73.1 Å². The average Bonchev–Trinajstić information content (AvgIpc) is 3.49. The Hall–Kier alpha value is -3.43. The lowest BCUT2D eigenvalue weighted by atomic mass is 10.1. The average molecular weight is 443 g/mol. The number of nitrogens with zero attached hydrogens (tertiary/aromatic N) is 5. The number of fused-ring (bicyclic) bond motifs is 2. The van der Waals surface area contributed by atoms with Gasteiger partial charge in [-0.15, -0.1) is 0 Å². The molecule has 166 valence electrons. The van der Waals surface area contributed by atoms with Gasteiger partial charge in [0, 0.05) is 50.0 Å². The minimum Gasteiger partial charge on any atom is -0.472 e. The van der Waals surface area contributed by atoms with Crippen molar-refractivity contribution < 1.29 is 22.7 Å². The van der Waals surface area contributed by atoms with Gasteiger partial charge in [0.15, 0.2) is 0 Å². The predicted octanol–water partition coefficient (Wildman–Crippen LogP) is 3.58. The number of piperidine rings is 1. The number of alkyl halides is 3. The van der Waals surface area contributed by atoms with E-state index in [0.29, 0.717) is 23.6 Å². The van der Waals surface area contributed by atoms with E-state index in [2.05, 4.69) is 15.0 Å². The van der Waals surface area contributed by atoms with Crippen LogP contribution in [0.1, 0.15) is 28.9 Å². The lowest BCUT2D eigenvalue weighted by Gasteiger charge is -2.33. The van der Waals surface area contributed by atoms with Crippen molar-refractivity contribution in [3.05, 3.63) is 60.3 Å². The van der Waals surface area contributed by atoms with Gasteiger partial charge in [-0.3, -0.25) is 9.78 Å². The summed E-state index contributed by atoms with van der Waals surface area (Å²) in [5, 5.41) is 0. The van der Waals surface area contributed by atoms with Crippen molar-refractivity contribution in [3.63, 3.8) is 0 Å². The number of amides is 1. The second kappa shape index (κ2) is 7.61. The van der Waals surface area contributed by atoms with Crippen LogP contribution in [0, 0.1) is 5.92 Å². The molecule has 32 heavy (non-hydrogen) atoms. The van der Waals surface area contributed by atoms with E-state index in [9.17, 15) is 18.0 Å². The molecule has 3 atom stereocenters. The molecule has 1 aliphatic heterocycles. The Morgan fingerprint density at radius 2 is 1.97 bits per heavy atom. The van der Waals surface area contributed by atoms with Gasteiger partial charge in [-0.05, 0) is 37.0 Å². The normalized spacial score (nSPS) is 22.4. The molecule has 3 aromatic rings. The van der Waals surface area contributed by atoms with Crippen molar-refractivity contribution in [2.75, 3.05) is 6.54 Å². The number of carbonyl (C=O) groups excluding carboxylic acids is 1. The number of rotatable bonds is 4. The maximum atomic E-state index is 13.4. The van der Waals surface area contributed by atoms with E-state index in [0.717, 1.165) is 25.1 Å². The predicted molar refractivity (Wildman–Crippen MR) is 108 cm³/mol. The highest BCUT2D eigenvalue weighted by atomic mass is 19.4. The highest BCUT2D eigenvalue weighted by Crippen LogP contribution is 2.41. The first-order chi connectivity index (χ1) is 15.3. The number of carbonyl (C=O) groups is 1. The van der Waals surface area contributed by atoms with Gasteiger partial charge in [-0.2, -0.15) is 13.2 Å². The molecule has 2 bridgehead atoms. The van der Waals surface area contributed by atoms with Crippen LogP contribution in [0.5, 0.6) is 5.88 Å². The molecule has 0 aromatic carbocycles. The molecule has 0 spiro atoms. The van der Waals surface area contributed by atoms with Crippen LogP contribution in [0.25, 0.3) is 11.4 Å². The molecule has 3 unspecified atom stereocenters. The van der Waals surface area contributed by atoms with Crippen LogP contribution in [-0.4, -0.2) is 49.0 Å². The maximum Gasteiger partial charge on any atom is 0.417 e. The van der Waals surface area contributed by atoms with Gasteiger partial charge in [0.1, 0.15) is 17.6 Å². The van der Waals surface area contributed by atoms with E-state index in [1.165, 1.54) is 6.07 Å². The Balaban J connectivity index is 1.36. The zero-order valence-corrected chi connectivity index (χ0v) is 17.2. The Bertz CT molecular complexity index is 1140. The molecule has 1 saturated heterocycles. The first kappa shape index (κ1) is 20.5. The van der Waals surface area contributed by atoms with E-state index < -0.39 is 11.7 Å². The van der Waals surface area contributed by atoms with Crippen molar-refractivity contribution in [2.24, 2.45) is 13.0 Å². The number of hydrogen-bond acceptors (Lipinski definition) is 5. The summed E-state index contributed by atoms with van der Waals surface area (Å²) in [6, 6.07) is 5.56. The van der Waals surface area contributed by atoms with Gasteiger partial charge in [0.05, 0.1) is 11.6 Å². The summed E-state index contributed by atoms with van der Waals surface area (Å²) < 4.78 is 46.0. The molecule has 0 N–H and O–H groups in total. The zero-order valence-electron chi connectivity index (χ0n) is 17.2. The van der Waals surface area contributed by atoms with E-state index in [1.807, 2.05) is 17.7 Å². The van der Waals surface area contributed by atoms with Crippen LogP contribution in [0.15, 0.2) is 49.1 Å². The molecule has 1 aliphatic carbocycles. The summed E-state index contributed by atoms with van der Waals surface area (Å²) in [7, 11) is 1.85. The van der Waals surface area contributed by atoms with E-state index >= 15 is 0 Å². The summed E-state index contributed by atoms with van der Waals surface area (Å²) in [5.74, 6) is 0.829. The van der Waals surface area contributed by atoms with Crippen LogP contribution < -0.4 is 4.74 Å². The summed E-state index contributed by atoms with van der Waals surface area (Å²) >= 11 is 0. The van der Waals surface area contributed by atoms with Gasteiger partial charge >= 0.3 is 6.18 Å². The molecule has 5 rings (SSSR count). The second-order valence-corrected chi connectivity index (χ2v) is 8.16. The van der Waals surface area contributed by atoms with Gasteiger partial charge in [-0.25, -0.2) is 9.97 Å². The molecule has 1 saturated carbocycles. The number of halogens is 3. The molecule has 1 amide bonds. The molecule has 2 aliphatic rings. The SMILES string of the molecule is Cn1ccnc1-c1cccnc1C(=O)N1CC2CC(Oc3ccc(C(F)(F)F)cn3)C1C2. The largest absolute Gasteiger partial charge is 0.472 e. The monoisotopic (exact) mass is 443 g/mol. The zero-order chi connectivity index (χ0) is 22.5. The number of likely N-dealkylation sites (tertiary alicyclic amines) is 1.